The highest BCUT2D eigenvalue weighted by Crippen LogP contribution is 2.18. The first-order valence-corrected chi connectivity index (χ1v) is 8.36. The van der Waals surface area contributed by atoms with E-state index in [0.29, 0.717) is 0 Å². The maximum absolute atomic E-state index is 8.97. The van der Waals surface area contributed by atoms with E-state index in [4.69, 9.17) is 5.11 Å². The van der Waals surface area contributed by atoms with Gasteiger partial charge in [-0.25, -0.2) is 9.97 Å². The van der Waals surface area contributed by atoms with Gasteiger partial charge in [-0.1, -0.05) is 12.1 Å². The summed E-state index contributed by atoms with van der Waals surface area (Å²) in [6.07, 6.45) is 2.71. The molecule has 124 valence electrons. The Morgan fingerprint density at radius 3 is 2.52 bits per heavy atom. The van der Waals surface area contributed by atoms with Crippen LogP contribution in [-0.2, 0) is 0 Å². The minimum atomic E-state index is 0.261. The molecule has 6 heteroatoms. The molecule has 23 heavy (non-hydrogen) atoms. The van der Waals surface area contributed by atoms with E-state index in [2.05, 4.69) is 31.2 Å². The van der Waals surface area contributed by atoms with Gasteiger partial charge in [-0.15, -0.1) is 0 Å². The van der Waals surface area contributed by atoms with Gasteiger partial charge in [-0.05, 0) is 25.1 Å². The number of β-amino-alcohol motifs (C(OH)–C–C–N with tert-alkyl or cyclic N) is 1. The molecule has 2 aromatic rings. The number of fused-ring (bicyclic) bond motifs is 1. The number of aromatic nitrogens is 2. The van der Waals surface area contributed by atoms with E-state index in [1.807, 2.05) is 18.2 Å². The molecule has 0 radical (unpaired) electrons. The molecule has 0 atom stereocenters. The van der Waals surface area contributed by atoms with E-state index >= 15 is 0 Å². The summed E-state index contributed by atoms with van der Waals surface area (Å²) in [4.78, 5) is 13.5. The van der Waals surface area contributed by atoms with E-state index < -0.39 is 0 Å². The molecule has 0 spiro atoms. The monoisotopic (exact) mass is 315 g/mol. The predicted octanol–water partition coefficient (Wildman–Crippen LogP) is 1.04. The predicted molar refractivity (Wildman–Crippen MR) is 92.6 cm³/mol. The van der Waals surface area contributed by atoms with Gasteiger partial charge in [-0.2, -0.15) is 0 Å². The number of nitrogens with zero attached hydrogens (tertiary/aromatic N) is 4. The highest BCUT2D eigenvalue weighted by atomic mass is 16.3. The van der Waals surface area contributed by atoms with Crippen molar-refractivity contribution in [1.82, 2.24) is 19.8 Å². The Balaban J connectivity index is 1.42. The Hall–Kier alpha value is -1.76. The van der Waals surface area contributed by atoms with Gasteiger partial charge in [-0.3, -0.25) is 4.90 Å². The smallest absolute Gasteiger partial charge is 0.137 e. The van der Waals surface area contributed by atoms with Crippen LogP contribution in [0.1, 0.15) is 6.42 Å². The Morgan fingerprint density at radius 1 is 1.00 bits per heavy atom. The van der Waals surface area contributed by atoms with Crippen LogP contribution >= 0.6 is 0 Å². The highest BCUT2D eigenvalue weighted by molar-refractivity contribution is 5.88. The molecular weight excluding hydrogens is 290 g/mol. The third-order valence-corrected chi connectivity index (χ3v) is 4.37. The largest absolute Gasteiger partial charge is 0.395 e. The number of aliphatic hydroxyl groups excluding tert-OH is 1. The van der Waals surface area contributed by atoms with Gasteiger partial charge in [0, 0.05) is 44.7 Å². The van der Waals surface area contributed by atoms with Crippen LogP contribution in [0.25, 0.3) is 10.9 Å². The molecule has 1 aliphatic heterocycles. The van der Waals surface area contributed by atoms with Crippen molar-refractivity contribution in [2.75, 3.05) is 57.7 Å². The molecule has 1 aromatic carbocycles. The van der Waals surface area contributed by atoms with Crippen LogP contribution < -0.4 is 5.32 Å². The van der Waals surface area contributed by atoms with Crippen LogP contribution in [0, 0.1) is 0 Å². The summed E-state index contributed by atoms with van der Waals surface area (Å²) >= 11 is 0. The van der Waals surface area contributed by atoms with E-state index in [1.165, 1.54) is 0 Å². The molecule has 1 aliphatic rings. The lowest BCUT2D eigenvalue weighted by Gasteiger charge is -2.34. The number of piperazine rings is 1. The Labute approximate surface area is 137 Å². The molecule has 0 saturated carbocycles. The standard InChI is InChI=1S/C17H25N5O/c23-13-12-22-10-8-21(9-11-22)7-3-6-18-17-15-4-1-2-5-16(15)19-14-20-17/h1-2,4-5,14,23H,3,6-13H2,(H,18,19,20). The van der Waals surface area contributed by atoms with Crippen molar-refractivity contribution in [3.05, 3.63) is 30.6 Å². The average molecular weight is 315 g/mol. The first-order valence-electron chi connectivity index (χ1n) is 8.36. The first kappa shape index (κ1) is 16.1. The number of anilines is 1. The van der Waals surface area contributed by atoms with Crippen LogP contribution in [0.3, 0.4) is 0 Å². The van der Waals surface area contributed by atoms with Crippen molar-refractivity contribution in [2.45, 2.75) is 6.42 Å². The molecule has 1 fully saturated rings. The number of para-hydroxylation sites is 1. The van der Waals surface area contributed by atoms with Crippen molar-refractivity contribution in [1.29, 1.82) is 0 Å². The molecule has 0 aliphatic carbocycles. The molecule has 1 aromatic heterocycles. The lowest BCUT2D eigenvalue weighted by atomic mass is 10.2. The second kappa shape index (κ2) is 8.19. The van der Waals surface area contributed by atoms with E-state index in [9.17, 15) is 0 Å². The molecule has 1 saturated heterocycles. The first-order chi connectivity index (χ1) is 11.4. The molecule has 0 unspecified atom stereocenters. The molecule has 0 bridgehead atoms. The van der Waals surface area contributed by atoms with Crippen LogP contribution in [0.5, 0.6) is 0 Å². The third kappa shape index (κ3) is 4.37. The van der Waals surface area contributed by atoms with Crippen LogP contribution in [-0.4, -0.2) is 77.3 Å². The molecule has 6 nitrogen and oxygen atoms in total. The zero-order valence-electron chi connectivity index (χ0n) is 13.5. The number of nitrogens with one attached hydrogen (secondary N) is 1. The maximum Gasteiger partial charge on any atom is 0.137 e. The molecule has 2 N–H and O–H groups in total. The van der Waals surface area contributed by atoms with Crippen LogP contribution in [0.2, 0.25) is 0 Å². The summed E-state index contributed by atoms with van der Waals surface area (Å²) in [7, 11) is 0. The second-order valence-electron chi connectivity index (χ2n) is 5.93. The van der Waals surface area contributed by atoms with Gasteiger partial charge in [0.25, 0.3) is 0 Å². The summed E-state index contributed by atoms with van der Waals surface area (Å²) in [6.45, 7) is 7.38. The second-order valence-corrected chi connectivity index (χ2v) is 5.93. The number of hydrogen-bond donors (Lipinski definition) is 2. The Bertz CT molecular complexity index is 607. The summed E-state index contributed by atoms with van der Waals surface area (Å²) in [5.41, 5.74) is 0.977. The lowest BCUT2D eigenvalue weighted by Crippen LogP contribution is -2.47. The normalized spacial score (nSPS) is 16.7. The van der Waals surface area contributed by atoms with Gasteiger partial charge >= 0.3 is 0 Å². The number of hydrogen-bond acceptors (Lipinski definition) is 6. The van der Waals surface area contributed by atoms with E-state index in [0.717, 1.165) is 69.0 Å². The van der Waals surface area contributed by atoms with Crippen molar-refractivity contribution >= 4 is 16.7 Å². The molecule has 0 amide bonds. The van der Waals surface area contributed by atoms with E-state index in [1.54, 1.807) is 6.33 Å². The van der Waals surface area contributed by atoms with Crippen molar-refractivity contribution in [3.8, 4) is 0 Å². The zero-order valence-corrected chi connectivity index (χ0v) is 13.5. The fourth-order valence-electron chi connectivity index (χ4n) is 3.03. The third-order valence-electron chi connectivity index (χ3n) is 4.37. The lowest BCUT2D eigenvalue weighted by molar-refractivity contribution is 0.112. The minimum Gasteiger partial charge on any atom is -0.395 e. The average Bonchev–Trinajstić information content (AvgIpc) is 2.60. The maximum atomic E-state index is 8.97. The van der Waals surface area contributed by atoms with Crippen molar-refractivity contribution < 1.29 is 5.11 Å². The summed E-state index contributed by atoms with van der Waals surface area (Å²) in [6, 6.07) is 8.07. The Morgan fingerprint density at radius 2 is 1.74 bits per heavy atom. The minimum absolute atomic E-state index is 0.261. The van der Waals surface area contributed by atoms with Gasteiger partial charge in [0.2, 0.25) is 0 Å². The van der Waals surface area contributed by atoms with Gasteiger partial charge in [0.15, 0.2) is 0 Å². The quantitative estimate of drug-likeness (QED) is 0.745. The van der Waals surface area contributed by atoms with Crippen molar-refractivity contribution in [3.63, 3.8) is 0 Å². The Kier molecular flexibility index (Phi) is 5.74. The number of aliphatic hydroxyl groups is 1. The zero-order chi connectivity index (χ0) is 15.9. The summed E-state index contributed by atoms with van der Waals surface area (Å²) < 4.78 is 0. The number of benzene rings is 1. The molecule has 2 heterocycles. The SMILES string of the molecule is OCCN1CCN(CCCNc2ncnc3ccccc23)CC1. The van der Waals surface area contributed by atoms with Crippen molar-refractivity contribution in [2.24, 2.45) is 0 Å². The van der Waals surface area contributed by atoms with Crippen LogP contribution in [0.4, 0.5) is 5.82 Å². The molecule has 3 rings (SSSR count). The van der Waals surface area contributed by atoms with Gasteiger partial charge in [0.1, 0.15) is 12.1 Å². The van der Waals surface area contributed by atoms with Gasteiger partial charge < -0.3 is 15.3 Å². The number of rotatable bonds is 7. The summed E-state index contributed by atoms with van der Waals surface area (Å²) in [5.74, 6) is 0.920. The topological polar surface area (TPSA) is 64.5 Å². The fraction of sp³-hybridized carbons (Fsp3) is 0.529. The van der Waals surface area contributed by atoms with E-state index in [-0.39, 0.29) is 6.61 Å². The summed E-state index contributed by atoms with van der Waals surface area (Å²) in [5, 5.41) is 13.5. The van der Waals surface area contributed by atoms with Crippen LogP contribution in [0.15, 0.2) is 30.6 Å². The highest BCUT2D eigenvalue weighted by Gasteiger charge is 2.15. The fourth-order valence-corrected chi connectivity index (χ4v) is 3.03. The molecular formula is C17H25N5O. The van der Waals surface area contributed by atoms with Gasteiger partial charge in [0.05, 0.1) is 12.1 Å².